The summed E-state index contributed by atoms with van der Waals surface area (Å²) < 4.78 is 0. The zero-order valence-corrected chi connectivity index (χ0v) is 12.3. The van der Waals surface area contributed by atoms with E-state index in [1.807, 2.05) is 0 Å². The van der Waals surface area contributed by atoms with Gasteiger partial charge in [0.15, 0.2) is 0 Å². The first-order valence-electron chi connectivity index (χ1n) is 6.38. The van der Waals surface area contributed by atoms with E-state index in [0.717, 1.165) is 25.0 Å². The summed E-state index contributed by atoms with van der Waals surface area (Å²) in [4.78, 5) is 5.04. The minimum atomic E-state index is 0.657. The van der Waals surface area contributed by atoms with E-state index in [1.165, 1.54) is 17.8 Å². The number of piperazine rings is 1. The lowest BCUT2D eigenvalue weighted by Crippen LogP contribution is -2.51. The molecule has 1 aromatic rings. The van der Waals surface area contributed by atoms with Gasteiger partial charge in [0, 0.05) is 36.7 Å². The second-order valence-electron chi connectivity index (χ2n) is 4.72. The maximum atomic E-state index is 3.48. The molecule has 1 aromatic carbocycles. The second-order valence-corrected chi connectivity index (χ2v) is 5.28. The van der Waals surface area contributed by atoms with Crippen molar-refractivity contribution in [3.8, 4) is 0 Å². The van der Waals surface area contributed by atoms with Crippen LogP contribution >= 0.6 is 15.9 Å². The lowest BCUT2D eigenvalue weighted by atomic mass is 10.1. The van der Waals surface area contributed by atoms with Gasteiger partial charge in [-0.15, -0.1) is 0 Å². The molecule has 1 atom stereocenters. The maximum absolute atomic E-state index is 3.48. The van der Waals surface area contributed by atoms with Crippen molar-refractivity contribution < 1.29 is 0 Å². The van der Waals surface area contributed by atoms with E-state index in [0.29, 0.717) is 6.04 Å². The van der Waals surface area contributed by atoms with E-state index >= 15 is 0 Å². The number of halogens is 1. The van der Waals surface area contributed by atoms with Gasteiger partial charge >= 0.3 is 0 Å². The van der Waals surface area contributed by atoms with Gasteiger partial charge in [-0.25, -0.2) is 0 Å². The standard InChI is InChI=1S/C14H21BrN2/c1-3-16-8-9-17(11-12(16)2)14-6-4-13(10-15)5-7-14/h4-7,12H,3,8-11H2,1-2H3. The normalized spacial score (nSPS) is 21.8. The smallest absolute Gasteiger partial charge is 0.0367 e. The summed E-state index contributed by atoms with van der Waals surface area (Å²) >= 11 is 3.48. The Morgan fingerprint density at radius 3 is 2.47 bits per heavy atom. The Balaban J connectivity index is 2.03. The fourth-order valence-electron chi connectivity index (χ4n) is 2.50. The van der Waals surface area contributed by atoms with Crippen molar-refractivity contribution in [3.63, 3.8) is 0 Å². The Hall–Kier alpha value is -0.540. The van der Waals surface area contributed by atoms with Gasteiger partial charge in [0.25, 0.3) is 0 Å². The first-order valence-corrected chi connectivity index (χ1v) is 7.50. The Labute approximate surface area is 113 Å². The highest BCUT2D eigenvalue weighted by Gasteiger charge is 2.22. The van der Waals surface area contributed by atoms with Crippen molar-refractivity contribution in [1.29, 1.82) is 0 Å². The van der Waals surface area contributed by atoms with Crippen LogP contribution in [0.5, 0.6) is 0 Å². The van der Waals surface area contributed by atoms with Gasteiger partial charge in [-0.1, -0.05) is 35.0 Å². The summed E-state index contributed by atoms with van der Waals surface area (Å²) in [5.74, 6) is 0. The first-order chi connectivity index (χ1) is 8.24. The Bertz CT molecular complexity index is 350. The molecular formula is C14H21BrN2. The molecule has 0 bridgehead atoms. The second kappa shape index (κ2) is 5.87. The summed E-state index contributed by atoms with van der Waals surface area (Å²) in [5, 5.41) is 0.938. The summed E-state index contributed by atoms with van der Waals surface area (Å²) in [6, 6.07) is 9.56. The highest BCUT2D eigenvalue weighted by atomic mass is 79.9. The molecular weight excluding hydrogens is 276 g/mol. The molecule has 2 rings (SSSR count). The van der Waals surface area contributed by atoms with Crippen LogP contribution < -0.4 is 4.90 Å². The number of likely N-dealkylation sites (N-methyl/N-ethyl adjacent to an activating group) is 1. The van der Waals surface area contributed by atoms with E-state index in [4.69, 9.17) is 0 Å². The SMILES string of the molecule is CCN1CCN(c2ccc(CBr)cc2)CC1C. The molecule has 0 aromatic heterocycles. The largest absolute Gasteiger partial charge is 0.369 e. The van der Waals surface area contributed by atoms with E-state index in [-0.39, 0.29) is 0 Å². The molecule has 0 saturated carbocycles. The third-order valence-electron chi connectivity index (χ3n) is 3.63. The molecule has 0 radical (unpaired) electrons. The predicted octanol–water partition coefficient (Wildman–Crippen LogP) is 3.11. The van der Waals surface area contributed by atoms with Crippen LogP contribution in [0.3, 0.4) is 0 Å². The fraction of sp³-hybridized carbons (Fsp3) is 0.571. The van der Waals surface area contributed by atoms with Crippen LogP contribution in [0.4, 0.5) is 5.69 Å². The third kappa shape index (κ3) is 3.02. The van der Waals surface area contributed by atoms with Gasteiger partial charge < -0.3 is 4.90 Å². The van der Waals surface area contributed by atoms with Crippen LogP contribution in [-0.4, -0.2) is 37.1 Å². The first kappa shape index (κ1) is 12.9. The monoisotopic (exact) mass is 296 g/mol. The van der Waals surface area contributed by atoms with Gasteiger partial charge in [-0.2, -0.15) is 0 Å². The molecule has 1 aliphatic rings. The van der Waals surface area contributed by atoms with Crippen molar-refractivity contribution in [1.82, 2.24) is 4.90 Å². The van der Waals surface area contributed by atoms with Gasteiger partial charge in [-0.3, -0.25) is 4.90 Å². The van der Waals surface area contributed by atoms with Crippen molar-refractivity contribution in [2.24, 2.45) is 0 Å². The Kier molecular flexibility index (Phi) is 4.46. The number of hydrogen-bond acceptors (Lipinski definition) is 2. The number of alkyl halides is 1. The molecule has 0 N–H and O–H groups in total. The number of hydrogen-bond donors (Lipinski definition) is 0. The lowest BCUT2D eigenvalue weighted by molar-refractivity contribution is 0.199. The molecule has 3 heteroatoms. The quantitative estimate of drug-likeness (QED) is 0.791. The maximum Gasteiger partial charge on any atom is 0.0367 e. The molecule has 1 fully saturated rings. The van der Waals surface area contributed by atoms with Crippen molar-refractivity contribution in [2.45, 2.75) is 25.2 Å². The van der Waals surface area contributed by atoms with Crippen molar-refractivity contribution >= 4 is 21.6 Å². The molecule has 1 aliphatic heterocycles. The summed E-state index contributed by atoms with van der Waals surface area (Å²) in [5.41, 5.74) is 2.70. The number of rotatable bonds is 3. The number of anilines is 1. The van der Waals surface area contributed by atoms with Crippen LogP contribution in [0.15, 0.2) is 24.3 Å². The molecule has 94 valence electrons. The molecule has 2 nitrogen and oxygen atoms in total. The summed E-state index contributed by atoms with van der Waals surface area (Å²) in [6.07, 6.45) is 0. The van der Waals surface area contributed by atoms with Crippen LogP contribution in [-0.2, 0) is 5.33 Å². The molecule has 1 saturated heterocycles. The molecule has 0 spiro atoms. The predicted molar refractivity (Wildman–Crippen MR) is 78.0 cm³/mol. The third-order valence-corrected chi connectivity index (χ3v) is 4.27. The van der Waals surface area contributed by atoms with E-state index in [9.17, 15) is 0 Å². The van der Waals surface area contributed by atoms with Gasteiger partial charge in [-0.05, 0) is 31.2 Å². The van der Waals surface area contributed by atoms with Gasteiger partial charge in [0.05, 0.1) is 0 Å². The Morgan fingerprint density at radius 1 is 1.24 bits per heavy atom. The minimum absolute atomic E-state index is 0.657. The van der Waals surface area contributed by atoms with Crippen molar-refractivity contribution in [3.05, 3.63) is 29.8 Å². The molecule has 1 unspecified atom stereocenters. The molecule has 17 heavy (non-hydrogen) atoms. The van der Waals surface area contributed by atoms with Crippen LogP contribution in [0.2, 0.25) is 0 Å². The average molecular weight is 297 g/mol. The molecule has 0 aliphatic carbocycles. The van der Waals surface area contributed by atoms with E-state index in [1.54, 1.807) is 0 Å². The summed E-state index contributed by atoms with van der Waals surface area (Å²) in [6.45, 7) is 9.20. The zero-order valence-electron chi connectivity index (χ0n) is 10.7. The van der Waals surface area contributed by atoms with E-state index < -0.39 is 0 Å². The zero-order chi connectivity index (χ0) is 12.3. The highest BCUT2D eigenvalue weighted by Crippen LogP contribution is 2.20. The number of nitrogens with zero attached hydrogens (tertiary/aromatic N) is 2. The fourth-order valence-corrected chi connectivity index (χ4v) is 2.87. The highest BCUT2D eigenvalue weighted by molar-refractivity contribution is 9.08. The van der Waals surface area contributed by atoms with Crippen molar-refractivity contribution in [2.75, 3.05) is 31.1 Å². The lowest BCUT2D eigenvalue weighted by Gasteiger charge is -2.40. The average Bonchev–Trinajstić information content (AvgIpc) is 2.39. The topological polar surface area (TPSA) is 6.48 Å². The Morgan fingerprint density at radius 2 is 1.94 bits per heavy atom. The van der Waals surface area contributed by atoms with Gasteiger partial charge in [0.2, 0.25) is 0 Å². The van der Waals surface area contributed by atoms with Gasteiger partial charge in [0.1, 0.15) is 0 Å². The van der Waals surface area contributed by atoms with Crippen LogP contribution in [0, 0.1) is 0 Å². The minimum Gasteiger partial charge on any atom is -0.369 e. The van der Waals surface area contributed by atoms with Crippen LogP contribution in [0.1, 0.15) is 19.4 Å². The number of benzene rings is 1. The summed E-state index contributed by atoms with van der Waals surface area (Å²) in [7, 11) is 0. The molecule has 1 heterocycles. The van der Waals surface area contributed by atoms with Crippen LogP contribution in [0.25, 0.3) is 0 Å². The molecule has 0 amide bonds. The van der Waals surface area contributed by atoms with E-state index in [2.05, 4.69) is 63.8 Å².